The first-order valence-electron chi connectivity index (χ1n) is 7.54. The van der Waals surface area contributed by atoms with Crippen molar-refractivity contribution >= 4 is 38.1 Å². The van der Waals surface area contributed by atoms with E-state index in [0.29, 0.717) is 28.4 Å². The summed E-state index contributed by atoms with van der Waals surface area (Å²) < 4.78 is 28.7. The minimum Gasteiger partial charge on any atom is -0.492 e. The molecule has 1 saturated heterocycles. The fourth-order valence-electron chi connectivity index (χ4n) is 2.67. The number of ether oxygens (including phenoxy) is 1. The number of thiazole rings is 1. The van der Waals surface area contributed by atoms with Crippen LogP contribution in [0.25, 0.3) is 0 Å². The summed E-state index contributed by atoms with van der Waals surface area (Å²) in [5, 5.41) is 6.43. The lowest BCUT2D eigenvalue weighted by molar-refractivity contribution is 0.229. The van der Waals surface area contributed by atoms with Crippen LogP contribution in [-0.2, 0) is 10.0 Å². The van der Waals surface area contributed by atoms with Gasteiger partial charge in [0.1, 0.15) is 5.75 Å². The Morgan fingerprint density at radius 1 is 1.42 bits per heavy atom. The Morgan fingerprint density at radius 2 is 2.21 bits per heavy atom. The fraction of sp³-hybridized carbons (Fsp3) is 0.400. The van der Waals surface area contributed by atoms with Crippen molar-refractivity contribution < 1.29 is 13.2 Å². The van der Waals surface area contributed by atoms with Gasteiger partial charge < -0.3 is 9.64 Å². The van der Waals surface area contributed by atoms with Gasteiger partial charge in [-0.15, -0.1) is 0 Å². The quantitative estimate of drug-likeness (QED) is 0.852. The van der Waals surface area contributed by atoms with Gasteiger partial charge in [-0.1, -0.05) is 35.1 Å². The molecule has 6 nitrogen and oxygen atoms in total. The molecule has 2 aromatic rings. The van der Waals surface area contributed by atoms with Crippen molar-refractivity contribution in [3.8, 4) is 5.75 Å². The molecule has 0 spiro atoms. The Bertz CT molecular complexity index is 810. The number of benzene rings is 1. The van der Waals surface area contributed by atoms with Crippen LogP contribution < -0.4 is 14.8 Å². The number of halogens is 1. The molecule has 2 N–H and O–H groups in total. The highest BCUT2D eigenvalue weighted by molar-refractivity contribution is 7.91. The minimum atomic E-state index is -3.70. The summed E-state index contributed by atoms with van der Waals surface area (Å²) in [5.74, 6) is 1.01. The Balaban J connectivity index is 1.62. The van der Waals surface area contributed by atoms with Crippen LogP contribution in [0.1, 0.15) is 12.8 Å². The van der Waals surface area contributed by atoms with Crippen LogP contribution in [0.4, 0.5) is 5.13 Å². The second-order valence-corrected chi connectivity index (χ2v) is 8.91. The summed E-state index contributed by atoms with van der Waals surface area (Å²) >= 11 is 7.20. The first-order valence-corrected chi connectivity index (χ1v) is 10.3. The zero-order valence-corrected chi connectivity index (χ0v) is 15.3. The second kappa shape index (κ2) is 7.26. The molecule has 0 bridgehead atoms. The molecule has 1 unspecified atom stereocenters. The lowest BCUT2D eigenvalue weighted by atomic mass is 9.99. The van der Waals surface area contributed by atoms with E-state index in [2.05, 4.69) is 9.88 Å². The van der Waals surface area contributed by atoms with Crippen LogP contribution in [0, 0.1) is 5.92 Å². The van der Waals surface area contributed by atoms with E-state index >= 15 is 0 Å². The number of sulfonamides is 1. The lowest BCUT2D eigenvalue weighted by Crippen LogP contribution is -2.37. The molecule has 0 saturated carbocycles. The molecule has 1 aromatic carbocycles. The Labute approximate surface area is 150 Å². The average Bonchev–Trinajstić information content (AvgIpc) is 3.05. The summed E-state index contributed by atoms with van der Waals surface area (Å²) in [7, 11) is -3.70. The van der Waals surface area contributed by atoms with Gasteiger partial charge >= 0.3 is 0 Å². The molecular weight excluding hydrogens is 370 g/mol. The highest BCUT2D eigenvalue weighted by atomic mass is 35.5. The van der Waals surface area contributed by atoms with Crippen LogP contribution in [0.2, 0.25) is 5.02 Å². The van der Waals surface area contributed by atoms with Gasteiger partial charge in [0.05, 0.1) is 17.8 Å². The molecule has 9 heteroatoms. The zero-order chi connectivity index (χ0) is 17.2. The maximum Gasteiger partial charge on any atom is 0.249 e. The molecular formula is C15H18ClN3O3S2. The van der Waals surface area contributed by atoms with E-state index in [1.807, 2.05) is 18.2 Å². The van der Waals surface area contributed by atoms with Crippen molar-refractivity contribution in [2.24, 2.45) is 11.1 Å². The van der Waals surface area contributed by atoms with Gasteiger partial charge in [0.2, 0.25) is 10.0 Å². The number of hydrogen-bond donors (Lipinski definition) is 1. The summed E-state index contributed by atoms with van der Waals surface area (Å²) in [6.45, 7) is 2.18. The molecule has 1 aliphatic heterocycles. The lowest BCUT2D eigenvalue weighted by Gasteiger charge is -2.32. The van der Waals surface area contributed by atoms with Gasteiger partial charge in [-0.3, -0.25) is 0 Å². The van der Waals surface area contributed by atoms with Crippen LogP contribution in [-0.4, -0.2) is 33.1 Å². The van der Waals surface area contributed by atoms with Crippen molar-refractivity contribution in [1.29, 1.82) is 0 Å². The summed E-state index contributed by atoms with van der Waals surface area (Å²) in [4.78, 5) is 6.28. The molecule has 0 radical (unpaired) electrons. The molecule has 1 fully saturated rings. The first kappa shape index (κ1) is 17.5. The van der Waals surface area contributed by atoms with Crippen LogP contribution >= 0.6 is 22.9 Å². The van der Waals surface area contributed by atoms with Crippen LogP contribution in [0.15, 0.2) is 34.7 Å². The van der Waals surface area contributed by atoms with Gasteiger partial charge in [-0.25, -0.2) is 18.5 Å². The van der Waals surface area contributed by atoms with Gasteiger partial charge in [-0.2, -0.15) is 0 Å². The molecule has 0 amide bonds. The molecule has 2 heterocycles. The van der Waals surface area contributed by atoms with Crippen molar-refractivity contribution in [3.05, 3.63) is 35.5 Å². The van der Waals surface area contributed by atoms with Crippen molar-refractivity contribution in [2.45, 2.75) is 17.1 Å². The standard InChI is InChI=1S/C15H18ClN3O3S2/c16-12-5-1-2-6-13(12)22-10-11-4-3-7-19(9-11)15-18-8-14(23-15)24(17,20)21/h1-2,5-6,8,11H,3-4,7,9-10H2,(H2,17,20,21). The molecule has 1 aliphatic rings. The van der Waals surface area contributed by atoms with Gasteiger partial charge in [0, 0.05) is 19.0 Å². The molecule has 1 aromatic heterocycles. The number of nitrogens with two attached hydrogens (primary N) is 1. The largest absolute Gasteiger partial charge is 0.492 e. The maximum atomic E-state index is 11.4. The Kier molecular flexibility index (Phi) is 5.29. The number of para-hydroxylation sites is 1. The van der Waals surface area contributed by atoms with E-state index in [0.717, 1.165) is 37.3 Å². The monoisotopic (exact) mass is 387 g/mol. The predicted molar refractivity (Wildman–Crippen MR) is 95.4 cm³/mol. The normalized spacial score (nSPS) is 18.6. The van der Waals surface area contributed by atoms with Gasteiger partial charge in [0.25, 0.3) is 0 Å². The zero-order valence-electron chi connectivity index (χ0n) is 12.9. The molecule has 130 valence electrons. The number of hydrogen-bond acceptors (Lipinski definition) is 6. The van der Waals surface area contributed by atoms with Crippen molar-refractivity contribution in [2.75, 3.05) is 24.6 Å². The average molecular weight is 388 g/mol. The third-order valence-corrected chi connectivity index (χ3v) is 6.63. The minimum absolute atomic E-state index is 0.0898. The van der Waals surface area contributed by atoms with E-state index in [-0.39, 0.29) is 4.21 Å². The Morgan fingerprint density at radius 3 is 2.92 bits per heavy atom. The van der Waals surface area contributed by atoms with Gasteiger partial charge in [-0.05, 0) is 25.0 Å². The summed E-state index contributed by atoms with van der Waals surface area (Å²) in [6, 6.07) is 7.40. The number of anilines is 1. The number of primary sulfonamides is 1. The second-order valence-electron chi connectivity index (χ2n) is 5.70. The topological polar surface area (TPSA) is 85.5 Å². The van der Waals surface area contributed by atoms with Gasteiger partial charge in [0.15, 0.2) is 9.34 Å². The number of piperidine rings is 1. The third kappa shape index (κ3) is 4.18. The molecule has 1 atom stereocenters. The first-order chi connectivity index (χ1) is 11.4. The van der Waals surface area contributed by atoms with Crippen LogP contribution in [0.5, 0.6) is 5.75 Å². The highest BCUT2D eigenvalue weighted by Gasteiger charge is 2.24. The van der Waals surface area contributed by atoms with Crippen molar-refractivity contribution in [1.82, 2.24) is 4.98 Å². The number of nitrogens with zero attached hydrogens (tertiary/aromatic N) is 2. The molecule has 3 rings (SSSR count). The van der Waals surface area contributed by atoms with Crippen molar-refractivity contribution in [3.63, 3.8) is 0 Å². The molecule has 0 aliphatic carbocycles. The smallest absolute Gasteiger partial charge is 0.249 e. The Hall–Kier alpha value is -1.35. The maximum absolute atomic E-state index is 11.4. The summed E-state index contributed by atoms with van der Waals surface area (Å²) in [6.07, 6.45) is 3.37. The van der Waals surface area contributed by atoms with E-state index in [9.17, 15) is 8.42 Å². The summed E-state index contributed by atoms with van der Waals surface area (Å²) in [5.41, 5.74) is 0. The predicted octanol–water partition coefficient (Wildman–Crippen LogP) is 2.74. The third-order valence-electron chi connectivity index (χ3n) is 3.85. The van der Waals surface area contributed by atoms with E-state index < -0.39 is 10.0 Å². The van der Waals surface area contributed by atoms with E-state index in [1.54, 1.807) is 6.07 Å². The van der Waals surface area contributed by atoms with E-state index in [1.165, 1.54) is 6.20 Å². The number of rotatable bonds is 5. The van der Waals surface area contributed by atoms with Crippen LogP contribution in [0.3, 0.4) is 0 Å². The number of aromatic nitrogens is 1. The fourth-order valence-corrected chi connectivity index (χ4v) is 4.44. The van der Waals surface area contributed by atoms with E-state index in [4.69, 9.17) is 21.5 Å². The molecule has 24 heavy (non-hydrogen) atoms. The SMILES string of the molecule is NS(=O)(=O)c1cnc(N2CCCC(COc3ccccc3Cl)C2)s1. The highest BCUT2D eigenvalue weighted by Crippen LogP contribution is 2.30.